The van der Waals surface area contributed by atoms with E-state index in [1.807, 2.05) is 55.4 Å². The first kappa shape index (κ1) is 16.1. The Morgan fingerprint density at radius 3 is 2.35 bits per heavy atom. The average Bonchev–Trinajstić information content (AvgIpc) is 2.50. The molecule has 1 saturated carbocycles. The highest BCUT2D eigenvalue weighted by Crippen LogP contribution is 2.42. The maximum Gasteiger partial charge on any atom is 0.251 e. The van der Waals surface area contributed by atoms with Crippen molar-refractivity contribution < 1.29 is 4.79 Å². The predicted molar refractivity (Wildman–Crippen MR) is 97.9 cm³/mol. The number of nitrogens with one attached hydrogen (secondary N) is 1. The van der Waals surface area contributed by atoms with Crippen LogP contribution in [-0.4, -0.2) is 20.0 Å². The van der Waals surface area contributed by atoms with E-state index in [0.29, 0.717) is 5.56 Å². The highest BCUT2D eigenvalue weighted by atomic mass is 79.9. The summed E-state index contributed by atoms with van der Waals surface area (Å²) in [7, 11) is 3.98. The number of anilines is 1. The summed E-state index contributed by atoms with van der Waals surface area (Å²) in [6.07, 6.45) is 3.13. The molecule has 1 N–H and O–H groups in total. The van der Waals surface area contributed by atoms with E-state index < -0.39 is 0 Å². The van der Waals surface area contributed by atoms with Gasteiger partial charge in [0.05, 0.1) is 5.54 Å². The van der Waals surface area contributed by atoms with Gasteiger partial charge in [-0.1, -0.05) is 28.1 Å². The third kappa shape index (κ3) is 3.27. The van der Waals surface area contributed by atoms with Crippen molar-refractivity contribution in [2.45, 2.75) is 24.8 Å². The summed E-state index contributed by atoms with van der Waals surface area (Å²) >= 11 is 3.52. The first-order valence-electron chi connectivity index (χ1n) is 7.86. The van der Waals surface area contributed by atoms with E-state index >= 15 is 0 Å². The van der Waals surface area contributed by atoms with Crippen molar-refractivity contribution in [3.05, 3.63) is 64.1 Å². The fraction of sp³-hybridized carbons (Fsp3) is 0.316. The van der Waals surface area contributed by atoms with Crippen LogP contribution in [0.5, 0.6) is 0 Å². The molecule has 0 heterocycles. The monoisotopic (exact) mass is 372 g/mol. The highest BCUT2D eigenvalue weighted by Gasteiger charge is 2.40. The Labute approximate surface area is 145 Å². The van der Waals surface area contributed by atoms with Crippen LogP contribution in [0.3, 0.4) is 0 Å². The fourth-order valence-electron chi connectivity index (χ4n) is 3.00. The van der Waals surface area contributed by atoms with Crippen molar-refractivity contribution in [2.75, 3.05) is 19.0 Å². The molecule has 0 bridgehead atoms. The fourth-order valence-corrected chi connectivity index (χ4v) is 3.40. The summed E-state index contributed by atoms with van der Waals surface area (Å²) in [5.74, 6) is -0.00465. The minimum absolute atomic E-state index is 0.00465. The van der Waals surface area contributed by atoms with Gasteiger partial charge in [-0.2, -0.15) is 0 Å². The molecule has 23 heavy (non-hydrogen) atoms. The first-order valence-corrected chi connectivity index (χ1v) is 8.65. The molecule has 0 radical (unpaired) electrons. The largest absolute Gasteiger partial charge is 0.378 e. The lowest BCUT2D eigenvalue weighted by Crippen LogP contribution is -2.50. The number of carbonyl (C=O) groups excluding carboxylic acids is 1. The van der Waals surface area contributed by atoms with Gasteiger partial charge in [-0.3, -0.25) is 4.79 Å². The van der Waals surface area contributed by atoms with Crippen molar-refractivity contribution in [2.24, 2.45) is 0 Å². The van der Waals surface area contributed by atoms with Crippen LogP contribution in [0.15, 0.2) is 53.0 Å². The van der Waals surface area contributed by atoms with Crippen molar-refractivity contribution in [1.82, 2.24) is 5.32 Å². The average molecular weight is 373 g/mol. The Kier molecular flexibility index (Phi) is 4.44. The van der Waals surface area contributed by atoms with Crippen LogP contribution >= 0.6 is 15.9 Å². The molecule has 0 unspecified atom stereocenters. The van der Waals surface area contributed by atoms with Crippen molar-refractivity contribution in [1.29, 1.82) is 0 Å². The van der Waals surface area contributed by atoms with Gasteiger partial charge in [-0.25, -0.2) is 0 Å². The van der Waals surface area contributed by atoms with Gasteiger partial charge in [0.2, 0.25) is 0 Å². The van der Waals surface area contributed by atoms with Crippen molar-refractivity contribution >= 4 is 27.5 Å². The van der Waals surface area contributed by atoms with Gasteiger partial charge < -0.3 is 10.2 Å². The molecule has 0 atom stereocenters. The number of hydrogen-bond acceptors (Lipinski definition) is 2. The Hall–Kier alpha value is -1.81. The van der Waals surface area contributed by atoms with Gasteiger partial charge in [-0.05, 0) is 61.2 Å². The lowest BCUT2D eigenvalue weighted by atomic mass is 9.71. The number of benzene rings is 2. The van der Waals surface area contributed by atoms with E-state index in [0.717, 1.165) is 29.4 Å². The third-order valence-corrected chi connectivity index (χ3v) is 5.08. The van der Waals surface area contributed by atoms with Gasteiger partial charge in [0, 0.05) is 29.8 Å². The Morgan fingerprint density at radius 1 is 1.13 bits per heavy atom. The van der Waals surface area contributed by atoms with Crippen molar-refractivity contribution in [3.8, 4) is 0 Å². The van der Waals surface area contributed by atoms with E-state index in [4.69, 9.17) is 0 Å². The molecule has 1 aliphatic rings. The first-order chi connectivity index (χ1) is 11.0. The summed E-state index contributed by atoms with van der Waals surface area (Å²) in [5, 5.41) is 3.26. The minimum Gasteiger partial charge on any atom is -0.378 e. The molecule has 3 nitrogen and oxygen atoms in total. The number of nitrogens with zero attached hydrogens (tertiary/aromatic N) is 1. The molecular formula is C19H21BrN2O. The summed E-state index contributed by atoms with van der Waals surface area (Å²) in [6, 6.07) is 16.0. The van der Waals surface area contributed by atoms with E-state index in [1.165, 1.54) is 5.56 Å². The zero-order valence-electron chi connectivity index (χ0n) is 13.5. The zero-order valence-corrected chi connectivity index (χ0v) is 15.1. The van der Waals surface area contributed by atoms with Gasteiger partial charge in [0.1, 0.15) is 0 Å². The topological polar surface area (TPSA) is 32.3 Å². The number of carbonyl (C=O) groups is 1. The van der Waals surface area contributed by atoms with Crippen molar-refractivity contribution in [3.63, 3.8) is 0 Å². The minimum atomic E-state index is -0.221. The number of hydrogen-bond donors (Lipinski definition) is 1. The molecule has 1 amide bonds. The highest BCUT2D eigenvalue weighted by molar-refractivity contribution is 9.10. The third-order valence-electron chi connectivity index (χ3n) is 4.58. The quantitative estimate of drug-likeness (QED) is 0.866. The SMILES string of the molecule is CN(C)c1ccc(C(=O)NC2(c3cccc(Br)c3)CCC2)cc1. The van der Waals surface area contributed by atoms with Crippen LogP contribution in [0.1, 0.15) is 35.2 Å². The lowest BCUT2D eigenvalue weighted by Gasteiger charge is -2.43. The van der Waals surface area contributed by atoms with E-state index in [2.05, 4.69) is 33.4 Å². The molecule has 2 aromatic rings. The second-order valence-corrected chi connectivity index (χ2v) is 7.26. The second kappa shape index (κ2) is 6.36. The maximum atomic E-state index is 12.7. The van der Waals surface area contributed by atoms with Crippen LogP contribution in [0.4, 0.5) is 5.69 Å². The standard InChI is InChI=1S/C19H21BrN2O/c1-22(2)17-9-7-14(8-10-17)18(23)21-19(11-4-12-19)15-5-3-6-16(20)13-15/h3,5-10,13H,4,11-12H2,1-2H3,(H,21,23). The normalized spacial score (nSPS) is 15.6. The Bertz CT molecular complexity index is 706. The number of amides is 1. The van der Waals surface area contributed by atoms with E-state index in [9.17, 15) is 4.79 Å². The number of rotatable bonds is 4. The van der Waals surface area contributed by atoms with Gasteiger partial charge in [-0.15, -0.1) is 0 Å². The Balaban J connectivity index is 1.80. The molecule has 1 fully saturated rings. The summed E-state index contributed by atoms with van der Waals surface area (Å²) in [6.45, 7) is 0. The molecule has 0 aliphatic heterocycles. The smallest absolute Gasteiger partial charge is 0.251 e. The van der Waals surface area contributed by atoms with Gasteiger partial charge in [0.15, 0.2) is 0 Å². The zero-order chi connectivity index (χ0) is 16.4. The summed E-state index contributed by atoms with van der Waals surface area (Å²) in [4.78, 5) is 14.7. The molecule has 3 rings (SSSR count). The Morgan fingerprint density at radius 2 is 1.83 bits per heavy atom. The van der Waals surface area contributed by atoms with Gasteiger partial charge in [0.25, 0.3) is 5.91 Å². The molecule has 2 aromatic carbocycles. The van der Waals surface area contributed by atoms with E-state index in [1.54, 1.807) is 0 Å². The van der Waals surface area contributed by atoms with Crippen LogP contribution in [0.2, 0.25) is 0 Å². The molecular weight excluding hydrogens is 352 g/mol. The molecule has 1 aliphatic carbocycles. The van der Waals surface area contributed by atoms with Crippen LogP contribution < -0.4 is 10.2 Å². The maximum absolute atomic E-state index is 12.7. The molecule has 120 valence electrons. The molecule has 0 saturated heterocycles. The lowest BCUT2D eigenvalue weighted by molar-refractivity contribution is 0.0823. The molecule has 4 heteroatoms. The summed E-state index contributed by atoms with van der Waals surface area (Å²) in [5.41, 5.74) is 2.75. The molecule has 0 spiro atoms. The summed E-state index contributed by atoms with van der Waals surface area (Å²) < 4.78 is 1.05. The van der Waals surface area contributed by atoms with E-state index in [-0.39, 0.29) is 11.4 Å². The van der Waals surface area contributed by atoms with Crippen LogP contribution in [0.25, 0.3) is 0 Å². The molecule has 0 aromatic heterocycles. The second-order valence-electron chi connectivity index (χ2n) is 6.34. The van der Waals surface area contributed by atoms with Crippen LogP contribution in [0, 0.1) is 0 Å². The van der Waals surface area contributed by atoms with Gasteiger partial charge >= 0.3 is 0 Å². The van der Waals surface area contributed by atoms with Crippen LogP contribution in [-0.2, 0) is 5.54 Å². The predicted octanol–water partition coefficient (Wildman–Crippen LogP) is 4.32. The number of halogens is 1.